The minimum absolute atomic E-state index is 0.327. The molecule has 0 fully saturated rings. The van der Waals surface area contributed by atoms with E-state index in [-0.39, 0.29) is 0 Å². The van der Waals surface area contributed by atoms with Crippen molar-refractivity contribution < 1.29 is 9.53 Å². The second-order valence-corrected chi connectivity index (χ2v) is 6.34. The van der Waals surface area contributed by atoms with E-state index in [4.69, 9.17) is 4.74 Å². The summed E-state index contributed by atoms with van der Waals surface area (Å²) in [5, 5.41) is 0. The lowest BCUT2D eigenvalue weighted by molar-refractivity contribution is -0.129. The minimum Gasteiger partial charge on any atom is -0.402 e. The van der Waals surface area contributed by atoms with Gasteiger partial charge in [-0.15, -0.1) is 11.3 Å². The van der Waals surface area contributed by atoms with Crippen molar-refractivity contribution in [2.75, 3.05) is 0 Å². The summed E-state index contributed by atoms with van der Waals surface area (Å²) in [7, 11) is 0. The van der Waals surface area contributed by atoms with Crippen LogP contribution in [0.15, 0.2) is 56.9 Å². The maximum atomic E-state index is 11.8. The van der Waals surface area contributed by atoms with Crippen LogP contribution < -0.4 is 0 Å². The quantitative estimate of drug-likeness (QED) is 0.618. The van der Waals surface area contributed by atoms with Crippen molar-refractivity contribution in [3.8, 4) is 0 Å². The summed E-state index contributed by atoms with van der Waals surface area (Å²) >= 11 is 4.92. The number of thiophene rings is 1. The predicted octanol–water partition coefficient (Wildman–Crippen LogP) is 3.86. The van der Waals surface area contributed by atoms with Crippen LogP contribution in [0, 0.1) is 0 Å². The van der Waals surface area contributed by atoms with Crippen LogP contribution in [-0.4, -0.2) is 11.9 Å². The molecule has 0 aliphatic carbocycles. The van der Waals surface area contributed by atoms with E-state index in [0.717, 1.165) is 14.2 Å². The third kappa shape index (κ3) is 2.67. The summed E-state index contributed by atoms with van der Waals surface area (Å²) < 4.78 is 6.19. The molecule has 0 spiro atoms. The van der Waals surface area contributed by atoms with Gasteiger partial charge in [0, 0.05) is 10.4 Å². The van der Waals surface area contributed by atoms with E-state index >= 15 is 0 Å². The molecular weight excluding hydrogens is 326 g/mol. The zero-order valence-corrected chi connectivity index (χ0v) is 12.1. The Balaban J connectivity index is 1.94. The van der Waals surface area contributed by atoms with Gasteiger partial charge in [0.1, 0.15) is 0 Å². The molecule has 0 unspecified atom stereocenters. The third-order valence-corrected chi connectivity index (χ3v) is 4.08. The highest BCUT2D eigenvalue weighted by Crippen LogP contribution is 2.26. The molecule has 0 amide bonds. The molecule has 94 valence electrons. The van der Waals surface area contributed by atoms with Gasteiger partial charge in [0.2, 0.25) is 5.90 Å². The van der Waals surface area contributed by atoms with Gasteiger partial charge < -0.3 is 4.74 Å². The van der Waals surface area contributed by atoms with Gasteiger partial charge in [0.25, 0.3) is 0 Å². The van der Waals surface area contributed by atoms with Crippen LogP contribution in [0.5, 0.6) is 0 Å². The molecule has 0 radical (unpaired) electrons. The minimum atomic E-state index is -0.414. The molecule has 19 heavy (non-hydrogen) atoms. The average Bonchev–Trinajstić information content (AvgIpc) is 2.98. The number of cyclic esters (lactones) is 1. The normalized spacial score (nSPS) is 16.6. The summed E-state index contributed by atoms with van der Waals surface area (Å²) in [6.07, 6.45) is 1.73. The predicted molar refractivity (Wildman–Crippen MR) is 79.1 cm³/mol. The first kappa shape index (κ1) is 12.3. The van der Waals surface area contributed by atoms with Crippen molar-refractivity contribution in [1.29, 1.82) is 0 Å². The molecule has 1 aromatic heterocycles. The zero-order chi connectivity index (χ0) is 13.2. The van der Waals surface area contributed by atoms with Gasteiger partial charge in [-0.05, 0) is 46.3 Å². The van der Waals surface area contributed by atoms with E-state index in [2.05, 4.69) is 20.9 Å². The van der Waals surface area contributed by atoms with Gasteiger partial charge in [-0.1, -0.05) is 18.2 Å². The molecule has 0 atom stereocenters. The van der Waals surface area contributed by atoms with Gasteiger partial charge in [-0.2, -0.15) is 0 Å². The second-order valence-electron chi connectivity index (χ2n) is 3.84. The van der Waals surface area contributed by atoms with Crippen LogP contribution in [0.1, 0.15) is 10.4 Å². The highest BCUT2D eigenvalue weighted by Gasteiger charge is 2.23. The molecule has 1 aliphatic rings. The number of carbonyl (C=O) groups excluding carboxylic acids is 1. The zero-order valence-electron chi connectivity index (χ0n) is 9.67. The fraction of sp³-hybridized carbons (Fsp3) is 0. The van der Waals surface area contributed by atoms with Crippen LogP contribution in [0.4, 0.5) is 0 Å². The first-order valence-electron chi connectivity index (χ1n) is 5.56. The van der Waals surface area contributed by atoms with Gasteiger partial charge in [0.05, 0.1) is 3.79 Å². The number of ether oxygens (including phenoxy) is 1. The fourth-order valence-corrected chi connectivity index (χ4v) is 3.01. The summed E-state index contributed by atoms with van der Waals surface area (Å²) in [6.45, 7) is 0. The molecule has 0 saturated heterocycles. The number of nitrogens with zero attached hydrogens (tertiary/aromatic N) is 1. The molecule has 1 aromatic carbocycles. The largest absolute Gasteiger partial charge is 0.402 e. The smallest absolute Gasteiger partial charge is 0.363 e. The second kappa shape index (κ2) is 5.11. The van der Waals surface area contributed by atoms with Crippen LogP contribution in [0.3, 0.4) is 0 Å². The number of rotatable bonds is 2. The summed E-state index contributed by atoms with van der Waals surface area (Å²) in [4.78, 5) is 17.0. The van der Waals surface area contributed by atoms with Gasteiger partial charge >= 0.3 is 5.97 Å². The van der Waals surface area contributed by atoms with E-state index in [0.29, 0.717) is 11.6 Å². The number of halogens is 1. The van der Waals surface area contributed by atoms with E-state index in [9.17, 15) is 4.79 Å². The Morgan fingerprint density at radius 2 is 1.95 bits per heavy atom. The summed E-state index contributed by atoms with van der Waals surface area (Å²) in [5.41, 5.74) is 1.12. The molecule has 1 aliphatic heterocycles. The van der Waals surface area contributed by atoms with Crippen molar-refractivity contribution in [2.45, 2.75) is 0 Å². The number of hydrogen-bond donors (Lipinski definition) is 0. The average molecular weight is 334 g/mol. The Kier molecular flexibility index (Phi) is 3.31. The summed E-state index contributed by atoms with van der Waals surface area (Å²) in [6, 6.07) is 13.2. The first-order chi connectivity index (χ1) is 9.22. The first-order valence-corrected chi connectivity index (χ1v) is 7.17. The molecule has 0 saturated carbocycles. The fourth-order valence-electron chi connectivity index (χ4n) is 1.65. The topological polar surface area (TPSA) is 38.7 Å². The molecule has 0 bridgehead atoms. The van der Waals surface area contributed by atoms with Crippen LogP contribution in [-0.2, 0) is 9.53 Å². The highest BCUT2D eigenvalue weighted by molar-refractivity contribution is 9.11. The Hall–Kier alpha value is -1.72. The maximum Gasteiger partial charge on any atom is 0.363 e. The Morgan fingerprint density at radius 1 is 1.16 bits per heavy atom. The number of hydrogen-bond acceptors (Lipinski definition) is 4. The molecule has 3 rings (SSSR count). The lowest BCUT2D eigenvalue weighted by Gasteiger charge is -1.97. The lowest BCUT2D eigenvalue weighted by atomic mass is 10.2. The number of benzene rings is 1. The van der Waals surface area contributed by atoms with E-state index in [1.54, 1.807) is 6.08 Å². The number of carbonyl (C=O) groups is 1. The van der Waals surface area contributed by atoms with Crippen molar-refractivity contribution in [3.63, 3.8) is 0 Å². The van der Waals surface area contributed by atoms with Crippen LogP contribution in [0.2, 0.25) is 0 Å². The molecule has 5 heteroatoms. The van der Waals surface area contributed by atoms with E-state index in [1.807, 2.05) is 42.5 Å². The van der Waals surface area contributed by atoms with Crippen LogP contribution in [0.25, 0.3) is 6.08 Å². The van der Waals surface area contributed by atoms with Crippen LogP contribution >= 0.6 is 27.3 Å². The monoisotopic (exact) mass is 333 g/mol. The van der Waals surface area contributed by atoms with Gasteiger partial charge in [-0.3, -0.25) is 0 Å². The van der Waals surface area contributed by atoms with Crippen molar-refractivity contribution in [2.24, 2.45) is 4.99 Å². The Bertz CT molecular complexity index is 688. The molecule has 2 heterocycles. The van der Waals surface area contributed by atoms with Crippen molar-refractivity contribution in [3.05, 3.63) is 62.4 Å². The Morgan fingerprint density at radius 3 is 2.63 bits per heavy atom. The number of aliphatic imine (C=N–C) groups is 1. The molecule has 3 nitrogen and oxygen atoms in total. The maximum absolute atomic E-state index is 11.8. The highest BCUT2D eigenvalue weighted by atomic mass is 79.9. The lowest BCUT2D eigenvalue weighted by Crippen LogP contribution is -2.04. The third-order valence-electron chi connectivity index (χ3n) is 2.51. The Labute approximate surface area is 122 Å². The standard InChI is InChI=1S/C14H8BrNO2S/c15-12-7-6-10(19-12)8-11-14(17)18-13(16-11)9-4-2-1-3-5-9/h1-8H. The molecule has 0 N–H and O–H groups in total. The molecular formula is C14H8BrNO2S. The molecule has 2 aromatic rings. The summed E-state index contributed by atoms with van der Waals surface area (Å²) in [5.74, 6) is -0.0594. The van der Waals surface area contributed by atoms with Gasteiger partial charge in [0.15, 0.2) is 5.70 Å². The number of esters is 1. The van der Waals surface area contributed by atoms with Gasteiger partial charge in [-0.25, -0.2) is 9.79 Å². The van der Waals surface area contributed by atoms with E-state index in [1.165, 1.54) is 11.3 Å². The SMILES string of the molecule is O=C1OC(c2ccccc2)=NC1=Cc1ccc(Br)s1. The van der Waals surface area contributed by atoms with Crippen molar-refractivity contribution in [1.82, 2.24) is 0 Å². The van der Waals surface area contributed by atoms with E-state index < -0.39 is 5.97 Å². The van der Waals surface area contributed by atoms with Crippen molar-refractivity contribution >= 4 is 45.2 Å².